The van der Waals surface area contributed by atoms with E-state index in [2.05, 4.69) is 16.0 Å². The van der Waals surface area contributed by atoms with Gasteiger partial charge in [-0.2, -0.15) is 0 Å². The highest BCUT2D eigenvalue weighted by molar-refractivity contribution is 6.33. The lowest BCUT2D eigenvalue weighted by molar-refractivity contribution is 0.630. The highest BCUT2D eigenvalue weighted by atomic mass is 19.1. The largest absolute Gasteiger partial charge is 0.300 e. The lowest BCUT2D eigenvalue weighted by atomic mass is 9.95. The molecule has 0 aliphatic rings. The van der Waals surface area contributed by atoms with Gasteiger partial charge in [0.1, 0.15) is 19.5 Å². The van der Waals surface area contributed by atoms with E-state index in [0.29, 0.717) is 11.4 Å². The molecule has 0 aliphatic heterocycles. The van der Waals surface area contributed by atoms with Crippen LogP contribution in [0.15, 0.2) is 73.2 Å². The quantitative estimate of drug-likeness (QED) is 0.459. The molecule has 3 heterocycles. The summed E-state index contributed by atoms with van der Waals surface area (Å²) in [6, 6.07) is 16.5. The number of nitrogens with zero attached hydrogens (tertiary/aromatic N) is 4. The van der Waals surface area contributed by atoms with E-state index in [1.165, 1.54) is 6.07 Å². The number of aromatic nitrogens is 4. The van der Waals surface area contributed by atoms with Gasteiger partial charge in [0, 0.05) is 29.4 Å². The van der Waals surface area contributed by atoms with Crippen LogP contribution in [0.3, 0.4) is 0 Å². The molecule has 6 heteroatoms. The van der Waals surface area contributed by atoms with Gasteiger partial charge < -0.3 is 4.57 Å². The summed E-state index contributed by atoms with van der Waals surface area (Å²) >= 11 is 0. The lowest BCUT2D eigenvalue weighted by Gasteiger charge is -2.12. The predicted octanol–water partition coefficient (Wildman–Crippen LogP) is 3.03. The van der Waals surface area contributed by atoms with Gasteiger partial charge in [0.15, 0.2) is 5.82 Å². The first kappa shape index (κ1) is 15.7. The van der Waals surface area contributed by atoms with Crippen molar-refractivity contribution in [2.24, 2.45) is 0 Å². The number of rotatable bonds is 2. The summed E-state index contributed by atoms with van der Waals surface area (Å²) in [6.45, 7) is 0. The van der Waals surface area contributed by atoms with E-state index in [0.717, 1.165) is 33.1 Å². The summed E-state index contributed by atoms with van der Waals surface area (Å²) in [4.78, 5) is 13.6. The monoisotopic (exact) mass is 352 g/mol. The molecular formula is C21H14BFN4. The minimum atomic E-state index is -0.337. The van der Waals surface area contributed by atoms with Crippen molar-refractivity contribution in [3.05, 3.63) is 79.0 Å². The maximum Gasteiger partial charge on any atom is 0.165 e. The highest BCUT2D eigenvalue weighted by Gasteiger charge is 2.15. The summed E-state index contributed by atoms with van der Waals surface area (Å²) in [5, 5.41) is 1.94. The van der Waals surface area contributed by atoms with Crippen molar-refractivity contribution in [1.29, 1.82) is 0 Å². The van der Waals surface area contributed by atoms with Crippen LogP contribution in [0.25, 0.3) is 39.0 Å². The molecule has 0 unspecified atom stereocenters. The van der Waals surface area contributed by atoms with Crippen molar-refractivity contribution >= 4 is 35.1 Å². The highest BCUT2D eigenvalue weighted by Crippen LogP contribution is 2.27. The van der Waals surface area contributed by atoms with Crippen molar-refractivity contribution in [2.75, 3.05) is 0 Å². The molecule has 0 spiro atoms. The Kier molecular flexibility index (Phi) is 3.50. The molecule has 2 aromatic carbocycles. The smallest absolute Gasteiger partial charge is 0.165 e. The van der Waals surface area contributed by atoms with Crippen molar-refractivity contribution in [2.45, 2.75) is 0 Å². The third kappa shape index (κ3) is 2.57. The molecule has 5 aromatic rings. The minimum Gasteiger partial charge on any atom is -0.300 e. The third-order valence-electron chi connectivity index (χ3n) is 4.66. The average molecular weight is 352 g/mol. The van der Waals surface area contributed by atoms with Crippen LogP contribution in [0.2, 0.25) is 0 Å². The molecule has 4 nitrogen and oxygen atoms in total. The summed E-state index contributed by atoms with van der Waals surface area (Å²) in [6.07, 6.45) is 5.53. The first-order valence-corrected chi connectivity index (χ1v) is 8.65. The maximum absolute atomic E-state index is 14.4. The first-order chi connectivity index (χ1) is 13.2. The van der Waals surface area contributed by atoms with Crippen LogP contribution in [0.1, 0.15) is 0 Å². The van der Waals surface area contributed by atoms with E-state index in [4.69, 9.17) is 4.98 Å². The van der Waals surface area contributed by atoms with Gasteiger partial charge in [-0.25, -0.2) is 14.4 Å². The Labute approximate surface area is 155 Å². The van der Waals surface area contributed by atoms with Crippen LogP contribution >= 0.6 is 0 Å². The Morgan fingerprint density at radius 1 is 0.963 bits per heavy atom. The fourth-order valence-electron chi connectivity index (χ4n) is 3.34. The second-order valence-electron chi connectivity index (χ2n) is 6.49. The van der Waals surface area contributed by atoms with Crippen molar-refractivity contribution in [3.63, 3.8) is 0 Å². The van der Waals surface area contributed by atoms with E-state index >= 15 is 0 Å². The summed E-state index contributed by atoms with van der Waals surface area (Å²) in [7, 11) is 2.03. The van der Waals surface area contributed by atoms with E-state index in [1.54, 1.807) is 24.4 Å². The maximum atomic E-state index is 14.4. The van der Waals surface area contributed by atoms with Gasteiger partial charge >= 0.3 is 0 Å². The zero-order chi connectivity index (χ0) is 18.4. The van der Waals surface area contributed by atoms with Crippen LogP contribution in [0.4, 0.5) is 4.39 Å². The van der Waals surface area contributed by atoms with Gasteiger partial charge in [-0.15, -0.1) is 0 Å². The Morgan fingerprint density at radius 2 is 1.85 bits per heavy atom. The molecule has 0 N–H and O–H groups in total. The number of fused-ring (bicyclic) bond motifs is 2. The van der Waals surface area contributed by atoms with Crippen LogP contribution in [0.5, 0.6) is 0 Å². The number of benzene rings is 2. The van der Waals surface area contributed by atoms with Crippen LogP contribution < -0.4 is 5.46 Å². The van der Waals surface area contributed by atoms with Crippen LogP contribution in [-0.2, 0) is 0 Å². The van der Waals surface area contributed by atoms with Gasteiger partial charge in [0.05, 0.1) is 16.6 Å². The molecular weight excluding hydrogens is 338 g/mol. The molecule has 27 heavy (non-hydrogen) atoms. The van der Waals surface area contributed by atoms with Crippen molar-refractivity contribution in [3.8, 4) is 17.2 Å². The van der Waals surface area contributed by atoms with E-state index < -0.39 is 0 Å². The molecule has 0 fully saturated rings. The Balaban J connectivity index is 1.87. The van der Waals surface area contributed by atoms with Gasteiger partial charge in [-0.1, -0.05) is 29.7 Å². The SMILES string of the molecule is Bc1ccc2nc(-c3ccccc3F)nc(-n3ccc4cnccc43)c2c1. The topological polar surface area (TPSA) is 43.6 Å². The van der Waals surface area contributed by atoms with E-state index in [1.807, 2.05) is 49.1 Å². The zero-order valence-electron chi connectivity index (χ0n) is 14.6. The average Bonchev–Trinajstić information content (AvgIpc) is 3.12. The Morgan fingerprint density at radius 3 is 2.74 bits per heavy atom. The second kappa shape index (κ2) is 6.02. The fourth-order valence-corrected chi connectivity index (χ4v) is 3.34. The molecule has 5 rings (SSSR count). The van der Waals surface area contributed by atoms with Crippen LogP contribution in [0, 0.1) is 5.82 Å². The lowest BCUT2D eigenvalue weighted by Crippen LogP contribution is -2.06. The molecule has 0 atom stereocenters. The molecule has 128 valence electrons. The Hall–Kier alpha value is -3.54. The number of hydrogen-bond donors (Lipinski definition) is 0. The van der Waals surface area contributed by atoms with Crippen LogP contribution in [-0.4, -0.2) is 27.4 Å². The number of hydrogen-bond acceptors (Lipinski definition) is 3. The third-order valence-corrected chi connectivity index (χ3v) is 4.66. The van der Waals surface area contributed by atoms with E-state index in [9.17, 15) is 4.39 Å². The van der Waals surface area contributed by atoms with Crippen molar-refractivity contribution < 1.29 is 4.39 Å². The fraction of sp³-hybridized carbons (Fsp3) is 0. The van der Waals surface area contributed by atoms with E-state index in [-0.39, 0.29) is 5.82 Å². The number of halogens is 1. The molecule has 3 aromatic heterocycles. The molecule has 0 saturated heterocycles. The van der Waals surface area contributed by atoms with Gasteiger partial charge in [0.2, 0.25) is 0 Å². The molecule has 0 amide bonds. The second-order valence-corrected chi connectivity index (χ2v) is 6.49. The molecule has 0 bridgehead atoms. The molecule has 0 saturated carbocycles. The van der Waals surface area contributed by atoms with Gasteiger partial charge in [-0.05, 0) is 30.3 Å². The summed E-state index contributed by atoms with van der Waals surface area (Å²) in [5.74, 6) is 0.759. The van der Waals surface area contributed by atoms with Crippen molar-refractivity contribution in [1.82, 2.24) is 19.5 Å². The molecule has 0 aliphatic carbocycles. The minimum absolute atomic E-state index is 0.337. The number of pyridine rings is 1. The standard InChI is InChI=1S/C21H14BFN4/c22-14-5-6-18-16(11-14)21(27-10-8-13-12-24-9-7-19(13)27)26-20(25-18)15-3-1-2-4-17(15)23/h1-12H,22H2. The van der Waals surface area contributed by atoms with Gasteiger partial charge in [0.25, 0.3) is 0 Å². The summed E-state index contributed by atoms with van der Waals surface area (Å²) in [5.41, 5.74) is 3.27. The Bertz CT molecular complexity index is 1310. The first-order valence-electron chi connectivity index (χ1n) is 8.65. The predicted molar refractivity (Wildman–Crippen MR) is 108 cm³/mol. The van der Waals surface area contributed by atoms with Gasteiger partial charge in [-0.3, -0.25) is 4.98 Å². The zero-order valence-corrected chi connectivity index (χ0v) is 14.6. The summed E-state index contributed by atoms with van der Waals surface area (Å²) < 4.78 is 16.4. The molecule has 0 radical (unpaired) electrons. The normalized spacial score (nSPS) is 11.3.